The molecule has 31 heavy (non-hydrogen) atoms. The minimum absolute atomic E-state index is 0.0842. The van der Waals surface area contributed by atoms with Crippen LogP contribution in [0.3, 0.4) is 0 Å². The maximum Gasteiger partial charge on any atom is 0.243 e. The lowest BCUT2D eigenvalue weighted by atomic mass is 10.2. The highest BCUT2D eigenvalue weighted by atomic mass is 19.1. The molecule has 2 atom stereocenters. The fraction of sp³-hybridized carbons (Fsp3) is 0.364. The van der Waals surface area contributed by atoms with E-state index in [2.05, 4.69) is 0 Å². The summed E-state index contributed by atoms with van der Waals surface area (Å²) in [4.78, 5) is 28.7. The molecule has 0 aliphatic carbocycles. The molecule has 0 aromatic heterocycles. The van der Waals surface area contributed by atoms with Crippen molar-refractivity contribution < 1.29 is 28.6 Å². The highest BCUT2D eigenvalue weighted by Crippen LogP contribution is 2.30. The fourth-order valence-corrected chi connectivity index (χ4v) is 3.88. The van der Waals surface area contributed by atoms with E-state index in [0.29, 0.717) is 24.2 Å². The minimum Gasteiger partial charge on any atom is -0.497 e. The van der Waals surface area contributed by atoms with Crippen molar-refractivity contribution in [1.82, 2.24) is 4.90 Å². The smallest absolute Gasteiger partial charge is 0.243 e. The van der Waals surface area contributed by atoms with Gasteiger partial charge in [0.15, 0.2) is 12.5 Å². The van der Waals surface area contributed by atoms with Gasteiger partial charge in [-0.2, -0.15) is 0 Å². The van der Waals surface area contributed by atoms with Crippen LogP contribution >= 0.6 is 0 Å². The molecule has 2 unspecified atom stereocenters. The third-order valence-corrected chi connectivity index (χ3v) is 5.52. The van der Waals surface area contributed by atoms with Gasteiger partial charge in [0.1, 0.15) is 17.7 Å². The number of rotatable bonds is 7. The Labute approximate surface area is 179 Å². The molecule has 2 aliphatic rings. The van der Waals surface area contributed by atoms with Crippen LogP contribution in [0.5, 0.6) is 5.75 Å². The number of hydrogen-bond acceptors (Lipinski definition) is 7. The number of anilines is 2. The lowest BCUT2D eigenvalue weighted by Gasteiger charge is -2.24. The van der Waals surface area contributed by atoms with Crippen LogP contribution in [-0.2, 0) is 20.9 Å². The maximum atomic E-state index is 14.9. The van der Waals surface area contributed by atoms with Crippen LogP contribution < -0.4 is 14.5 Å². The van der Waals surface area contributed by atoms with Gasteiger partial charge < -0.3 is 29.3 Å². The summed E-state index contributed by atoms with van der Waals surface area (Å²) in [5.74, 6) is 0.165. The van der Waals surface area contributed by atoms with Crippen LogP contribution in [0.2, 0.25) is 0 Å². The molecule has 0 bridgehead atoms. The summed E-state index contributed by atoms with van der Waals surface area (Å²) in [6, 6.07) is 12.1. The normalized spacial score (nSPS) is 21.1. The van der Waals surface area contributed by atoms with Crippen molar-refractivity contribution >= 4 is 23.6 Å². The van der Waals surface area contributed by atoms with Crippen LogP contribution in [0, 0.1) is 5.82 Å². The lowest BCUT2D eigenvalue weighted by Crippen LogP contribution is -2.31. The van der Waals surface area contributed by atoms with Crippen LogP contribution in [0.4, 0.5) is 15.8 Å². The second-order valence-electron chi connectivity index (χ2n) is 7.53. The Morgan fingerprint density at radius 3 is 2.68 bits per heavy atom. The number of carbonyl (C=O) groups is 2. The summed E-state index contributed by atoms with van der Waals surface area (Å²) >= 11 is 0. The van der Waals surface area contributed by atoms with Crippen LogP contribution in [-0.4, -0.2) is 68.0 Å². The Kier molecular flexibility index (Phi) is 6.06. The molecule has 0 saturated carbocycles. The summed E-state index contributed by atoms with van der Waals surface area (Å²) in [7, 11) is 1.59. The third kappa shape index (κ3) is 4.33. The summed E-state index contributed by atoms with van der Waals surface area (Å²) in [6.45, 7) is 0.853. The Morgan fingerprint density at radius 2 is 2.03 bits per heavy atom. The molecule has 0 radical (unpaired) electrons. The molecule has 2 aromatic carbocycles. The molecular weight excluding hydrogens is 405 g/mol. The summed E-state index contributed by atoms with van der Waals surface area (Å²) in [5.41, 5.74) is 1.75. The Hall–Kier alpha value is -3.17. The van der Waals surface area contributed by atoms with E-state index < -0.39 is 18.1 Å². The van der Waals surface area contributed by atoms with Crippen molar-refractivity contribution in [2.45, 2.75) is 18.9 Å². The first-order valence-electron chi connectivity index (χ1n) is 9.96. The van der Waals surface area contributed by atoms with Gasteiger partial charge in [0.25, 0.3) is 0 Å². The number of carbonyl (C=O) groups excluding carboxylic acids is 2. The molecule has 2 aliphatic heterocycles. The summed E-state index contributed by atoms with van der Waals surface area (Å²) in [6.07, 6.45) is -0.742. The predicted molar refractivity (Wildman–Crippen MR) is 111 cm³/mol. The molecule has 2 heterocycles. The van der Waals surface area contributed by atoms with E-state index in [1.165, 1.54) is 6.07 Å². The molecule has 1 N–H and O–H groups in total. The second-order valence-corrected chi connectivity index (χ2v) is 7.53. The molecule has 164 valence electrons. The standard InChI is InChI=1S/C22H24FN3O5/c1-30-17-5-2-15(3-6-17)9-25-14-24(11-21(25)29)20-7-4-16(8-19(20)23)26-10-18(12-27)31-22(26)13-28/h2-8,13,18,22,27H,9-12,14H2,1H3. The largest absolute Gasteiger partial charge is 0.497 e. The van der Waals surface area contributed by atoms with Crippen molar-refractivity contribution in [2.24, 2.45) is 0 Å². The average Bonchev–Trinajstić information content (AvgIpc) is 3.37. The van der Waals surface area contributed by atoms with Gasteiger partial charge in [0.05, 0.1) is 32.6 Å². The van der Waals surface area contributed by atoms with Gasteiger partial charge >= 0.3 is 0 Å². The first kappa shape index (κ1) is 21.1. The highest BCUT2D eigenvalue weighted by Gasteiger charge is 2.34. The summed E-state index contributed by atoms with van der Waals surface area (Å²) < 4.78 is 25.5. The zero-order valence-electron chi connectivity index (χ0n) is 17.1. The van der Waals surface area contributed by atoms with Crippen LogP contribution in [0.1, 0.15) is 5.56 Å². The molecule has 4 rings (SSSR count). The zero-order chi connectivity index (χ0) is 22.0. The van der Waals surface area contributed by atoms with Gasteiger partial charge in [0.2, 0.25) is 5.91 Å². The number of hydrogen-bond donors (Lipinski definition) is 1. The summed E-state index contributed by atoms with van der Waals surface area (Å²) in [5, 5.41) is 9.28. The van der Waals surface area contributed by atoms with Gasteiger partial charge in [-0.15, -0.1) is 0 Å². The van der Waals surface area contributed by atoms with E-state index in [4.69, 9.17) is 9.47 Å². The van der Waals surface area contributed by atoms with E-state index in [-0.39, 0.29) is 32.3 Å². The van der Waals surface area contributed by atoms with Gasteiger partial charge in [-0.25, -0.2) is 4.39 Å². The van der Waals surface area contributed by atoms with E-state index in [0.717, 1.165) is 11.3 Å². The monoisotopic (exact) mass is 429 g/mol. The molecule has 1 amide bonds. The number of ether oxygens (including phenoxy) is 2. The highest BCUT2D eigenvalue weighted by molar-refractivity contribution is 5.85. The number of aliphatic hydroxyl groups excluding tert-OH is 1. The van der Waals surface area contributed by atoms with Crippen LogP contribution in [0.15, 0.2) is 42.5 Å². The first-order chi connectivity index (χ1) is 15.0. The molecule has 2 fully saturated rings. The fourth-order valence-electron chi connectivity index (χ4n) is 3.88. The maximum absolute atomic E-state index is 14.9. The van der Waals surface area contributed by atoms with E-state index in [1.807, 2.05) is 24.3 Å². The molecule has 8 nitrogen and oxygen atoms in total. The van der Waals surface area contributed by atoms with Gasteiger partial charge in [0, 0.05) is 18.8 Å². The van der Waals surface area contributed by atoms with Crippen molar-refractivity contribution in [3.8, 4) is 5.75 Å². The number of benzene rings is 2. The van der Waals surface area contributed by atoms with E-state index >= 15 is 0 Å². The van der Waals surface area contributed by atoms with Crippen LogP contribution in [0.25, 0.3) is 0 Å². The van der Waals surface area contributed by atoms with E-state index in [9.17, 15) is 19.1 Å². The number of methoxy groups -OCH3 is 1. The van der Waals surface area contributed by atoms with Crippen molar-refractivity contribution in [3.63, 3.8) is 0 Å². The Balaban J connectivity index is 1.46. The number of aliphatic hydroxyl groups is 1. The SMILES string of the molecule is COc1ccc(CN2CN(c3ccc(N4CC(CO)OC4C=O)cc3F)CC2=O)cc1. The zero-order valence-corrected chi connectivity index (χ0v) is 17.1. The van der Waals surface area contributed by atoms with Gasteiger partial charge in [-0.1, -0.05) is 12.1 Å². The van der Waals surface area contributed by atoms with Crippen molar-refractivity contribution in [2.75, 3.05) is 43.3 Å². The minimum atomic E-state index is -0.865. The molecule has 0 spiro atoms. The number of halogens is 1. The lowest BCUT2D eigenvalue weighted by molar-refractivity contribution is -0.127. The van der Waals surface area contributed by atoms with E-state index in [1.54, 1.807) is 33.9 Å². The quantitative estimate of drug-likeness (QED) is 0.666. The molecule has 2 aromatic rings. The molecule has 9 heteroatoms. The van der Waals surface area contributed by atoms with Crippen molar-refractivity contribution in [1.29, 1.82) is 0 Å². The Morgan fingerprint density at radius 1 is 1.26 bits per heavy atom. The Bertz CT molecular complexity index is 955. The molecular formula is C22H24FN3O5. The topological polar surface area (TPSA) is 82.6 Å². The average molecular weight is 429 g/mol. The second kappa shape index (κ2) is 8.91. The number of amides is 1. The first-order valence-corrected chi connectivity index (χ1v) is 9.96. The van der Waals surface area contributed by atoms with Gasteiger partial charge in [-0.05, 0) is 35.9 Å². The number of aldehydes is 1. The molecule has 2 saturated heterocycles. The van der Waals surface area contributed by atoms with Crippen molar-refractivity contribution in [3.05, 3.63) is 53.8 Å². The third-order valence-electron chi connectivity index (χ3n) is 5.52. The van der Waals surface area contributed by atoms with Gasteiger partial charge in [-0.3, -0.25) is 9.59 Å². The number of nitrogens with zero attached hydrogens (tertiary/aromatic N) is 3. The predicted octanol–water partition coefficient (Wildman–Crippen LogP) is 1.36.